The third-order valence-electron chi connectivity index (χ3n) is 11.1. The van der Waals surface area contributed by atoms with Gasteiger partial charge in [0.25, 0.3) is 0 Å². The van der Waals surface area contributed by atoms with Crippen molar-refractivity contribution in [3.63, 3.8) is 0 Å². The van der Waals surface area contributed by atoms with E-state index < -0.39 is 5.41 Å². The molecule has 1 atom stereocenters. The van der Waals surface area contributed by atoms with Crippen LogP contribution in [0.4, 0.5) is 17.1 Å². The molecule has 0 aliphatic heterocycles. The number of hydrogen-bond donors (Lipinski definition) is 0. The van der Waals surface area contributed by atoms with Crippen LogP contribution in [0.15, 0.2) is 243 Å². The summed E-state index contributed by atoms with van der Waals surface area (Å²) in [5.74, 6) is 0. The molecule has 0 aromatic heterocycles. The SMILES string of the molecule is C=C/C=C(\C=C)C1(c2ccccc2)c2ccccc2-c2ccc(N(c3ccc(-c4ccccc4)cc3)c3ccc(-c4ccccc4)c(-c4ccccc4)c3)cc21. The number of hydrogen-bond acceptors (Lipinski definition) is 1. The van der Waals surface area contributed by atoms with Crippen molar-refractivity contribution in [3.05, 3.63) is 260 Å². The molecule has 0 radical (unpaired) electrons. The Kier molecular flexibility index (Phi) is 9.19. The van der Waals surface area contributed by atoms with Crippen LogP contribution in [0.1, 0.15) is 16.7 Å². The summed E-state index contributed by atoms with van der Waals surface area (Å²) in [5, 5.41) is 0. The number of allylic oxidation sites excluding steroid dienone is 4. The molecule has 0 saturated carbocycles. The monoisotopic (exact) mass is 715 g/mol. The zero-order chi connectivity index (χ0) is 37.9. The van der Waals surface area contributed by atoms with Gasteiger partial charge in [0.1, 0.15) is 0 Å². The summed E-state index contributed by atoms with van der Waals surface area (Å²) in [6, 6.07) is 74.5. The Labute approximate surface area is 330 Å². The van der Waals surface area contributed by atoms with E-state index in [0.717, 1.165) is 22.6 Å². The second-order valence-corrected chi connectivity index (χ2v) is 14.2. The summed E-state index contributed by atoms with van der Waals surface area (Å²) >= 11 is 0. The van der Waals surface area contributed by atoms with Crippen molar-refractivity contribution < 1.29 is 0 Å². The Morgan fingerprint density at radius 1 is 0.393 bits per heavy atom. The molecule has 8 aromatic carbocycles. The van der Waals surface area contributed by atoms with Gasteiger partial charge < -0.3 is 4.90 Å². The lowest BCUT2D eigenvalue weighted by Gasteiger charge is -2.35. The van der Waals surface area contributed by atoms with E-state index in [0.29, 0.717) is 0 Å². The van der Waals surface area contributed by atoms with Gasteiger partial charge in [-0.2, -0.15) is 0 Å². The molecule has 0 amide bonds. The maximum atomic E-state index is 4.37. The minimum atomic E-state index is -0.603. The molecule has 266 valence electrons. The van der Waals surface area contributed by atoms with Crippen molar-refractivity contribution in [1.29, 1.82) is 0 Å². The average Bonchev–Trinajstić information content (AvgIpc) is 3.57. The van der Waals surface area contributed by atoms with Crippen LogP contribution in [-0.2, 0) is 5.41 Å². The quantitative estimate of drug-likeness (QED) is 0.127. The van der Waals surface area contributed by atoms with Gasteiger partial charge in [-0.05, 0) is 103 Å². The fraction of sp³-hybridized carbons (Fsp3) is 0.0182. The molecule has 1 unspecified atom stereocenters. The van der Waals surface area contributed by atoms with Crippen molar-refractivity contribution in [2.24, 2.45) is 0 Å². The lowest BCUT2D eigenvalue weighted by molar-refractivity contribution is 0.767. The number of benzene rings is 8. The molecule has 1 aliphatic carbocycles. The van der Waals surface area contributed by atoms with Gasteiger partial charge in [0.15, 0.2) is 0 Å². The van der Waals surface area contributed by atoms with Crippen LogP contribution in [-0.4, -0.2) is 0 Å². The highest BCUT2D eigenvalue weighted by Gasteiger charge is 2.46. The fourth-order valence-corrected chi connectivity index (χ4v) is 8.63. The van der Waals surface area contributed by atoms with Crippen LogP contribution >= 0.6 is 0 Å². The van der Waals surface area contributed by atoms with Crippen molar-refractivity contribution >= 4 is 17.1 Å². The maximum absolute atomic E-state index is 4.37. The van der Waals surface area contributed by atoms with Crippen LogP contribution in [0.5, 0.6) is 0 Å². The molecular formula is C55H41N. The molecule has 0 bridgehead atoms. The highest BCUT2D eigenvalue weighted by molar-refractivity contribution is 5.92. The van der Waals surface area contributed by atoms with E-state index in [4.69, 9.17) is 0 Å². The summed E-state index contributed by atoms with van der Waals surface area (Å²) in [4.78, 5) is 2.40. The predicted octanol–water partition coefficient (Wildman–Crippen LogP) is 14.8. The van der Waals surface area contributed by atoms with Gasteiger partial charge in [-0.25, -0.2) is 0 Å². The lowest BCUT2D eigenvalue weighted by Crippen LogP contribution is -2.29. The van der Waals surface area contributed by atoms with Gasteiger partial charge in [-0.3, -0.25) is 0 Å². The van der Waals surface area contributed by atoms with Crippen molar-refractivity contribution in [1.82, 2.24) is 0 Å². The second kappa shape index (κ2) is 14.9. The Balaban J connectivity index is 1.30. The number of rotatable bonds is 10. The van der Waals surface area contributed by atoms with Gasteiger partial charge in [0, 0.05) is 17.1 Å². The van der Waals surface area contributed by atoms with Gasteiger partial charge in [-0.1, -0.05) is 201 Å². The first-order chi connectivity index (χ1) is 27.7. The Morgan fingerprint density at radius 2 is 0.875 bits per heavy atom. The number of fused-ring (bicyclic) bond motifs is 3. The largest absolute Gasteiger partial charge is 0.310 e. The molecular weight excluding hydrogens is 675 g/mol. The van der Waals surface area contributed by atoms with Crippen LogP contribution in [0.3, 0.4) is 0 Å². The first kappa shape index (κ1) is 34.5. The van der Waals surface area contributed by atoms with E-state index in [1.54, 1.807) is 0 Å². The van der Waals surface area contributed by atoms with Gasteiger partial charge in [-0.15, -0.1) is 0 Å². The van der Waals surface area contributed by atoms with E-state index in [9.17, 15) is 0 Å². The zero-order valence-corrected chi connectivity index (χ0v) is 31.2. The topological polar surface area (TPSA) is 3.24 Å². The molecule has 56 heavy (non-hydrogen) atoms. The standard InChI is InChI=1S/C55H41N/c1-3-19-44(4-2)55(45-26-15-8-16-27-45)53-29-18-17-28-50(53)51-37-35-48(39-54(51)55)56(46-32-30-41(31-33-46)40-20-9-5-10-21-40)47-34-36-49(42-22-11-6-12-23-42)52(38-47)43-24-13-7-14-25-43/h3-39H,1-2H2/b44-19+. The molecule has 0 spiro atoms. The average molecular weight is 716 g/mol. The predicted molar refractivity (Wildman–Crippen MR) is 238 cm³/mol. The van der Waals surface area contributed by atoms with Crippen LogP contribution in [0.2, 0.25) is 0 Å². The number of nitrogens with zero attached hydrogens (tertiary/aromatic N) is 1. The van der Waals surface area contributed by atoms with Crippen LogP contribution in [0.25, 0.3) is 44.5 Å². The third kappa shape index (κ3) is 5.91. The molecule has 1 nitrogen and oxygen atoms in total. The highest BCUT2D eigenvalue weighted by Crippen LogP contribution is 2.58. The Morgan fingerprint density at radius 3 is 1.50 bits per heavy atom. The van der Waals surface area contributed by atoms with E-state index in [-0.39, 0.29) is 0 Å². The minimum absolute atomic E-state index is 0.603. The molecule has 8 aromatic rings. The Bertz CT molecular complexity index is 2690. The van der Waals surface area contributed by atoms with Crippen molar-refractivity contribution in [2.45, 2.75) is 5.41 Å². The minimum Gasteiger partial charge on any atom is -0.310 e. The summed E-state index contributed by atoms with van der Waals surface area (Å²) < 4.78 is 0. The first-order valence-electron chi connectivity index (χ1n) is 19.2. The zero-order valence-electron chi connectivity index (χ0n) is 31.2. The fourth-order valence-electron chi connectivity index (χ4n) is 8.63. The van der Waals surface area contributed by atoms with E-state index >= 15 is 0 Å². The second-order valence-electron chi connectivity index (χ2n) is 14.2. The molecule has 1 aliphatic rings. The molecule has 0 saturated heterocycles. The third-order valence-corrected chi connectivity index (χ3v) is 11.1. The normalized spacial score (nSPS) is 14.4. The van der Waals surface area contributed by atoms with Gasteiger partial charge in [0.2, 0.25) is 0 Å². The summed E-state index contributed by atoms with van der Waals surface area (Å²) in [5.41, 5.74) is 16.9. The smallest absolute Gasteiger partial charge is 0.0714 e. The first-order valence-corrected chi connectivity index (χ1v) is 19.2. The summed E-state index contributed by atoms with van der Waals surface area (Å²) in [6.07, 6.45) is 6.00. The van der Waals surface area contributed by atoms with Crippen molar-refractivity contribution in [3.8, 4) is 44.5 Å². The van der Waals surface area contributed by atoms with Crippen LogP contribution in [0, 0.1) is 0 Å². The Hall–Kier alpha value is -7.22. The molecule has 0 heterocycles. The molecule has 1 heteroatoms. The summed E-state index contributed by atoms with van der Waals surface area (Å²) in [7, 11) is 0. The van der Waals surface area contributed by atoms with Crippen molar-refractivity contribution in [2.75, 3.05) is 4.90 Å². The summed E-state index contributed by atoms with van der Waals surface area (Å²) in [6.45, 7) is 8.51. The van der Waals surface area contributed by atoms with E-state index in [1.165, 1.54) is 61.2 Å². The molecule has 0 N–H and O–H groups in total. The maximum Gasteiger partial charge on any atom is 0.0714 e. The van der Waals surface area contributed by atoms with E-state index in [2.05, 4.69) is 230 Å². The molecule has 9 rings (SSSR count). The lowest BCUT2D eigenvalue weighted by atomic mass is 9.67. The van der Waals surface area contributed by atoms with E-state index in [1.807, 2.05) is 12.2 Å². The number of anilines is 3. The van der Waals surface area contributed by atoms with Gasteiger partial charge >= 0.3 is 0 Å². The van der Waals surface area contributed by atoms with Crippen LogP contribution < -0.4 is 4.90 Å². The van der Waals surface area contributed by atoms with Gasteiger partial charge in [0.05, 0.1) is 5.41 Å². The highest BCUT2D eigenvalue weighted by atomic mass is 15.1. The molecule has 0 fully saturated rings.